The van der Waals surface area contributed by atoms with Crippen LogP contribution < -0.4 is 16.4 Å². The average molecular weight is 269 g/mol. The number of amides is 1. The van der Waals surface area contributed by atoms with Gasteiger partial charge in [-0.3, -0.25) is 4.79 Å². The molecule has 4 N–H and O–H groups in total. The van der Waals surface area contributed by atoms with Crippen molar-refractivity contribution in [3.8, 4) is 0 Å². The van der Waals surface area contributed by atoms with E-state index >= 15 is 0 Å². The number of aryl methyl sites for hydroxylation is 1. The van der Waals surface area contributed by atoms with Crippen LogP contribution in [0.2, 0.25) is 0 Å². The van der Waals surface area contributed by atoms with E-state index in [1.165, 1.54) is 5.56 Å². The summed E-state index contributed by atoms with van der Waals surface area (Å²) in [5.41, 5.74) is 15.3. The van der Waals surface area contributed by atoms with Crippen LogP contribution in [0.3, 0.4) is 0 Å². The van der Waals surface area contributed by atoms with E-state index in [0.29, 0.717) is 17.8 Å². The summed E-state index contributed by atoms with van der Waals surface area (Å²) in [6, 6.07) is 13.3. The molecule has 0 fully saturated rings. The lowest BCUT2D eigenvalue weighted by molar-refractivity contribution is 0.100. The molecule has 0 radical (unpaired) electrons. The van der Waals surface area contributed by atoms with Crippen molar-refractivity contribution in [2.45, 2.75) is 13.8 Å². The number of hydrogen-bond acceptors (Lipinski definition) is 3. The molecule has 1 amide bonds. The average Bonchev–Trinajstić information content (AvgIpc) is 2.41. The van der Waals surface area contributed by atoms with Crippen molar-refractivity contribution in [2.24, 2.45) is 5.73 Å². The molecule has 104 valence electrons. The minimum atomic E-state index is -0.453. The van der Waals surface area contributed by atoms with Gasteiger partial charge in [0.15, 0.2) is 0 Å². The SMILES string of the molecule is CCN(c1ccc(C)cc1)c1cc(N)ccc1C(N)=O. The highest BCUT2D eigenvalue weighted by Gasteiger charge is 2.15. The Morgan fingerprint density at radius 1 is 1.15 bits per heavy atom. The Bertz CT molecular complexity index is 620. The van der Waals surface area contributed by atoms with Crippen LogP contribution in [0.5, 0.6) is 0 Å². The number of primary amides is 1. The van der Waals surface area contributed by atoms with Crippen molar-refractivity contribution in [3.05, 3.63) is 53.6 Å². The van der Waals surface area contributed by atoms with E-state index < -0.39 is 5.91 Å². The predicted molar refractivity (Wildman–Crippen MR) is 83.2 cm³/mol. The Balaban J connectivity index is 2.53. The van der Waals surface area contributed by atoms with Crippen LogP contribution in [0.4, 0.5) is 17.1 Å². The minimum Gasteiger partial charge on any atom is -0.399 e. The van der Waals surface area contributed by atoms with Gasteiger partial charge in [0.05, 0.1) is 11.3 Å². The molecule has 0 aliphatic rings. The van der Waals surface area contributed by atoms with Crippen LogP contribution in [0.25, 0.3) is 0 Å². The third-order valence-electron chi connectivity index (χ3n) is 3.24. The van der Waals surface area contributed by atoms with Crippen molar-refractivity contribution in [1.82, 2.24) is 0 Å². The van der Waals surface area contributed by atoms with Gasteiger partial charge in [0.25, 0.3) is 5.91 Å². The number of nitrogens with zero attached hydrogens (tertiary/aromatic N) is 1. The van der Waals surface area contributed by atoms with Gasteiger partial charge in [0.2, 0.25) is 0 Å². The largest absolute Gasteiger partial charge is 0.399 e. The maximum absolute atomic E-state index is 11.6. The van der Waals surface area contributed by atoms with E-state index in [1.54, 1.807) is 18.2 Å². The number of rotatable bonds is 4. The molecule has 2 aromatic carbocycles. The molecule has 0 spiro atoms. The molecule has 0 aliphatic heterocycles. The Morgan fingerprint density at radius 3 is 2.35 bits per heavy atom. The fraction of sp³-hybridized carbons (Fsp3) is 0.188. The first-order valence-electron chi connectivity index (χ1n) is 6.56. The smallest absolute Gasteiger partial charge is 0.250 e. The van der Waals surface area contributed by atoms with Gasteiger partial charge in [-0.15, -0.1) is 0 Å². The fourth-order valence-corrected chi connectivity index (χ4v) is 2.20. The van der Waals surface area contributed by atoms with Crippen molar-refractivity contribution in [3.63, 3.8) is 0 Å². The highest BCUT2D eigenvalue weighted by molar-refractivity contribution is 6.00. The van der Waals surface area contributed by atoms with Crippen LogP contribution in [-0.2, 0) is 0 Å². The standard InChI is InChI=1S/C16H19N3O/c1-3-19(13-7-4-11(2)5-8-13)15-10-12(17)6-9-14(15)16(18)20/h4-10H,3,17H2,1-2H3,(H2,18,20). The van der Waals surface area contributed by atoms with Crippen LogP contribution >= 0.6 is 0 Å². The summed E-state index contributed by atoms with van der Waals surface area (Å²) in [6.07, 6.45) is 0. The summed E-state index contributed by atoms with van der Waals surface area (Å²) >= 11 is 0. The highest BCUT2D eigenvalue weighted by Crippen LogP contribution is 2.30. The van der Waals surface area contributed by atoms with Crippen LogP contribution in [-0.4, -0.2) is 12.5 Å². The molecule has 0 heterocycles. The van der Waals surface area contributed by atoms with E-state index in [9.17, 15) is 4.79 Å². The highest BCUT2D eigenvalue weighted by atomic mass is 16.1. The quantitative estimate of drug-likeness (QED) is 0.838. The van der Waals surface area contributed by atoms with Gasteiger partial charge in [0.1, 0.15) is 0 Å². The van der Waals surface area contributed by atoms with Gasteiger partial charge >= 0.3 is 0 Å². The number of benzene rings is 2. The third kappa shape index (κ3) is 2.74. The minimum absolute atomic E-state index is 0.453. The topological polar surface area (TPSA) is 72.3 Å². The van der Waals surface area contributed by atoms with Gasteiger partial charge in [-0.1, -0.05) is 17.7 Å². The van der Waals surface area contributed by atoms with E-state index in [1.807, 2.05) is 43.0 Å². The van der Waals surface area contributed by atoms with Crippen LogP contribution in [0.15, 0.2) is 42.5 Å². The lowest BCUT2D eigenvalue weighted by Gasteiger charge is -2.25. The zero-order chi connectivity index (χ0) is 14.7. The van der Waals surface area contributed by atoms with E-state index in [0.717, 1.165) is 11.4 Å². The van der Waals surface area contributed by atoms with Crippen molar-refractivity contribution in [1.29, 1.82) is 0 Å². The van der Waals surface area contributed by atoms with Gasteiger partial charge in [-0.25, -0.2) is 0 Å². The van der Waals surface area contributed by atoms with Gasteiger partial charge in [0, 0.05) is 17.9 Å². The fourth-order valence-electron chi connectivity index (χ4n) is 2.20. The summed E-state index contributed by atoms with van der Waals surface area (Å²) in [4.78, 5) is 13.6. The van der Waals surface area contributed by atoms with Gasteiger partial charge < -0.3 is 16.4 Å². The zero-order valence-corrected chi connectivity index (χ0v) is 11.8. The Kier molecular flexibility index (Phi) is 3.94. The van der Waals surface area contributed by atoms with Crippen molar-refractivity contribution in [2.75, 3.05) is 17.2 Å². The van der Waals surface area contributed by atoms with Crippen LogP contribution in [0.1, 0.15) is 22.8 Å². The lowest BCUT2D eigenvalue weighted by atomic mass is 10.1. The molecule has 0 bridgehead atoms. The number of carbonyl (C=O) groups excluding carboxylic acids is 1. The first-order chi connectivity index (χ1) is 9.52. The molecule has 0 aliphatic carbocycles. The molecule has 0 saturated heterocycles. The number of nitrogens with two attached hydrogens (primary N) is 2. The molecular formula is C16H19N3O. The molecule has 4 heteroatoms. The molecule has 0 unspecified atom stereocenters. The maximum Gasteiger partial charge on any atom is 0.250 e. The summed E-state index contributed by atoms with van der Waals surface area (Å²) < 4.78 is 0. The monoisotopic (exact) mass is 269 g/mol. The second-order valence-corrected chi connectivity index (χ2v) is 4.72. The number of hydrogen-bond donors (Lipinski definition) is 2. The van der Waals surface area contributed by atoms with Crippen LogP contribution in [0, 0.1) is 6.92 Å². The zero-order valence-electron chi connectivity index (χ0n) is 11.8. The molecule has 20 heavy (non-hydrogen) atoms. The summed E-state index contributed by atoms with van der Waals surface area (Å²) in [6.45, 7) is 4.77. The molecule has 2 aromatic rings. The summed E-state index contributed by atoms with van der Waals surface area (Å²) in [5, 5.41) is 0. The second-order valence-electron chi connectivity index (χ2n) is 4.72. The summed E-state index contributed by atoms with van der Waals surface area (Å²) in [5.74, 6) is -0.453. The number of nitrogen functional groups attached to an aromatic ring is 1. The van der Waals surface area contributed by atoms with E-state index in [4.69, 9.17) is 11.5 Å². The Morgan fingerprint density at radius 2 is 1.80 bits per heavy atom. The normalized spacial score (nSPS) is 10.3. The predicted octanol–water partition coefficient (Wildman–Crippen LogP) is 2.83. The number of anilines is 3. The molecule has 4 nitrogen and oxygen atoms in total. The Hall–Kier alpha value is -2.49. The van der Waals surface area contributed by atoms with E-state index in [2.05, 4.69) is 0 Å². The number of carbonyl (C=O) groups is 1. The summed E-state index contributed by atoms with van der Waals surface area (Å²) in [7, 11) is 0. The molecule has 0 aromatic heterocycles. The van der Waals surface area contributed by atoms with Gasteiger partial charge in [-0.2, -0.15) is 0 Å². The molecule has 0 saturated carbocycles. The third-order valence-corrected chi connectivity index (χ3v) is 3.24. The molecule has 2 rings (SSSR count). The molecule has 0 atom stereocenters. The Labute approximate surface area is 119 Å². The first kappa shape index (κ1) is 13.9. The maximum atomic E-state index is 11.6. The van der Waals surface area contributed by atoms with Crippen molar-refractivity contribution >= 4 is 23.0 Å². The van der Waals surface area contributed by atoms with Gasteiger partial charge in [-0.05, 0) is 44.2 Å². The molecular weight excluding hydrogens is 250 g/mol. The lowest BCUT2D eigenvalue weighted by Crippen LogP contribution is -2.22. The van der Waals surface area contributed by atoms with Crippen molar-refractivity contribution < 1.29 is 4.79 Å². The second kappa shape index (κ2) is 5.65. The van der Waals surface area contributed by atoms with E-state index in [-0.39, 0.29) is 0 Å². The first-order valence-corrected chi connectivity index (χ1v) is 6.56.